The maximum atomic E-state index is 11.5. The first-order chi connectivity index (χ1) is 6.91. The second-order valence-electron chi connectivity index (χ2n) is 5.35. The van der Waals surface area contributed by atoms with Crippen molar-refractivity contribution in [2.24, 2.45) is 23.5 Å². The molecule has 88 valence electrons. The van der Waals surface area contributed by atoms with Crippen LogP contribution in [0.2, 0.25) is 0 Å². The Hall–Kier alpha value is -0.570. The third kappa shape index (κ3) is 3.20. The summed E-state index contributed by atoms with van der Waals surface area (Å²) in [6.07, 6.45) is 1.65. The number of esters is 1. The number of rotatable bonds is 4. The lowest BCUT2D eigenvalue weighted by Gasteiger charge is -2.19. The zero-order valence-electron chi connectivity index (χ0n) is 10.2. The monoisotopic (exact) mass is 213 g/mol. The van der Waals surface area contributed by atoms with Crippen LogP contribution in [0.25, 0.3) is 0 Å². The zero-order chi connectivity index (χ0) is 11.6. The molecule has 0 saturated carbocycles. The summed E-state index contributed by atoms with van der Waals surface area (Å²) in [5, 5.41) is 0. The van der Waals surface area contributed by atoms with E-state index in [0.29, 0.717) is 11.8 Å². The molecule has 0 aromatic heterocycles. The van der Waals surface area contributed by atoms with E-state index >= 15 is 0 Å². The summed E-state index contributed by atoms with van der Waals surface area (Å²) in [6.45, 7) is 8.39. The number of hydrogen-bond donors (Lipinski definition) is 1. The molecule has 0 amide bonds. The molecule has 0 aromatic carbocycles. The van der Waals surface area contributed by atoms with E-state index in [1.54, 1.807) is 0 Å². The molecule has 3 heteroatoms. The van der Waals surface area contributed by atoms with Crippen LogP contribution in [0.1, 0.15) is 40.5 Å². The number of carbonyl (C=O) groups excluding carboxylic acids is 1. The number of carbonyl (C=O) groups is 1. The second kappa shape index (κ2) is 4.97. The summed E-state index contributed by atoms with van der Waals surface area (Å²) in [7, 11) is 0. The van der Waals surface area contributed by atoms with Gasteiger partial charge in [0, 0.05) is 6.04 Å². The van der Waals surface area contributed by atoms with Crippen LogP contribution in [-0.4, -0.2) is 18.1 Å². The number of cyclic esters (lactones) is 1. The summed E-state index contributed by atoms with van der Waals surface area (Å²) in [5.41, 5.74) is 6.03. The van der Waals surface area contributed by atoms with Crippen LogP contribution >= 0.6 is 0 Å². The van der Waals surface area contributed by atoms with Gasteiger partial charge in [0.05, 0.1) is 5.92 Å². The highest BCUT2D eigenvalue weighted by Crippen LogP contribution is 2.30. The maximum absolute atomic E-state index is 11.5. The topological polar surface area (TPSA) is 52.3 Å². The van der Waals surface area contributed by atoms with Gasteiger partial charge in [-0.05, 0) is 24.7 Å². The molecule has 1 aliphatic rings. The van der Waals surface area contributed by atoms with E-state index in [1.165, 1.54) is 0 Å². The van der Waals surface area contributed by atoms with Crippen molar-refractivity contribution in [3.8, 4) is 0 Å². The Morgan fingerprint density at radius 2 is 2.00 bits per heavy atom. The van der Waals surface area contributed by atoms with Gasteiger partial charge in [-0.2, -0.15) is 0 Å². The average molecular weight is 213 g/mol. The Kier molecular flexibility index (Phi) is 4.14. The van der Waals surface area contributed by atoms with Crippen molar-refractivity contribution in [2.45, 2.75) is 52.7 Å². The summed E-state index contributed by atoms with van der Waals surface area (Å²) < 4.78 is 5.33. The van der Waals surface area contributed by atoms with Crippen molar-refractivity contribution in [1.29, 1.82) is 0 Å². The molecule has 2 N–H and O–H groups in total. The molecular weight excluding hydrogens is 190 g/mol. The fraction of sp³-hybridized carbons (Fsp3) is 0.917. The molecule has 0 bridgehead atoms. The first kappa shape index (κ1) is 12.5. The predicted molar refractivity (Wildman–Crippen MR) is 60.3 cm³/mol. The average Bonchev–Trinajstić information content (AvgIpc) is 2.46. The van der Waals surface area contributed by atoms with E-state index in [-0.39, 0.29) is 24.0 Å². The lowest BCUT2D eigenvalue weighted by molar-refractivity contribution is -0.145. The van der Waals surface area contributed by atoms with Crippen LogP contribution in [0.5, 0.6) is 0 Å². The van der Waals surface area contributed by atoms with Crippen LogP contribution < -0.4 is 5.73 Å². The van der Waals surface area contributed by atoms with E-state index in [4.69, 9.17) is 10.5 Å². The van der Waals surface area contributed by atoms with Gasteiger partial charge < -0.3 is 10.5 Å². The summed E-state index contributed by atoms with van der Waals surface area (Å²) >= 11 is 0. The molecule has 1 fully saturated rings. The van der Waals surface area contributed by atoms with Crippen LogP contribution in [-0.2, 0) is 9.53 Å². The van der Waals surface area contributed by atoms with Crippen molar-refractivity contribution in [1.82, 2.24) is 0 Å². The highest BCUT2D eigenvalue weighted by molar-refractivity contribution is 5.75. The summed E-state index contributed by atoms with van der Waals surface area (Å²) in [5.74, 6) is 0.896. The minimum Gasteiger partial charge on any atom is -0.460 e. The Labute approximate surface area is 92.4 Å². The first-order valence-electron chi connectivity index (χ1n) is 5.88. The second-order valence-corrected chi connectivity index (χ2v) is 5.35. The molecule has 3 atom stereocenters. The van der Waals surface area contributed by atoms with Gasteiger partial charge in [-0.15, -0.1) is 0 Å². The number of nitrogens with two attached hydrogens (primary N) is 1. The van der Waals surface area contributed by atoms with Gasteiger partial charge >= 0.3 is 5.97 Å². The molecule has 1 heterocycles. The van der Waals surface area contributed by atoms with Gasteiger partial charge in [-0.3, -0.25) is 4.79 Å². The standard InChI is InChI=1S/C12H23NO2/c1-7(2)5-10(13)11-6-9(8(3)4)12(14)15-11/h7-11H,5-6,13H2,1-4H3/t9-,10-,11-/m0/s1. The fourth-order valence-corrected chi connectivity index (χ4v) is 2.13. The molecule has 1 aliphatic heterocycles. The molecule has 0 aromatic rings. The molecule has 0 spiro atoms. The Balaban J connectivity index is 2.50. The Bertz CT molecular complexity index is 226. The SMILES string of the molecule is CC(C)C[C@H](N)[C@@H]1C[C@@H](C(C)C)C(=O)O1. The van der Waals surface area contributed by atoms with Gasteiger partial charge in [-0.25, -0.2) is 0 Å². The minimum absolute atomic E-state index is 0.00213. The third-order valence-corrected chi connectivity index (χ3v) is 3.08. The van der Waals surface area contributed by atoms with E-state index in [0.717, 1.165) is 12.8 Å². The van der Waals surface area contributed by atoms with Gasteiger partial charge in [0.15, 0.2) is 0 Å². The molecule has 3 nitrogen and oxygen atoms in total. The van der Waals surface area contributed by atoms with E-state index in [9.17, 15) is 4.79 Å². The Morgan fingerprint density at radius 3 is 2.40 bits per heavy atom. The van der Waals surface area contributed by atoms with Gasteiger partial charge in [0.25, 0.3) is 0 Å². The molecule has 0 radical (unpaired) electrons. The number of ether oxygens (including phenoxy) is 1. The van der Waals surface area contributed by atoms with Crippen LogP contribution in [0.4, 0.5) is 0 Å². The smallest absolute Gasteiger partial charge is 0.309 e. The molecule has 1 saturated heterocycles. The normalized spacial score (nSPS) is 28.6. The Morgan fingerprint density at radius 1 is 1.40 bits per heavy atom. The third-order valence-electron chi connectivity index (χ3n) is 3.08. The van der Waals surface area contributed by atoms with Crippen LogP contribution in [0.3, 0.4) is 0 Å². The number of hydrogen-bond acceptors (Lipinski definition) is 3. The van der Waals surface area contributed by atoms with Crippen molar-refractivity contribution in [2.75, 3.05) is 0 Å². The van der Waals surface area contributed by atoms with Crippen molar-refractivity contribution in [3.63, 3.8) is 0 Å². The van der Waals surface area contributed by atoms with Gasteiger partial charge in [0.1, 0.15) is 6.10 Å². The molecule has 15 heavy (non-hydrogen) atoms. The van der Waals surface area contributed by atoms with Crippen LogP contribution in [0.15, 0.2) is 0 Å². The predicted octanol–water partition coefficient (Wildman–Crippen LogP) is 1.95. The van der Waals surface area contributed by atoms with Gasteiger partial charge in [0.2, 0.25) is 0 Å². The van der Waals surface area contributed by atoms with E-state index in [2.05, 4.69) is 27.7 Å². The summed E-state index contributed by atoms with van der Waals surface area (Å²) in [6, 6.07) is -0.00213. The lowest BCUT2D eigenvalue weighted by atomic mass is 9.89. The van der Waals surface area contributed by atoms with E-state index < -0.39 is 0 Å². The minimum atomic E-state index is -0.0627. The highest BCUT2D eigenvalue weighted by atomic mass is 16.6. The van der Waals surface area contributed by atoms with Crippen molar-refractivity contribution in [3.05, 3.63) is 0 Å². The van der Waals surface area contributed by atoms with Crippen LogP contribution in [0, 0.1) is 17.8 Å². The first-order valence-corrected chi connectivity index (χ1v) is 5.88. The molecule has 1 rings (SSSR count). The van der Waals surface area contributed by atoms with E-state index in [1.807, 2.05) is 0 Å². The summed E-state index contributed by atoms with van der Waals surface area (Å²) in [4.78, 5) is 11.5. The molecular formula is C12H23NO2. The van der Waals surface area contributed by atoms with Gasteiger partial charge in [-0.1, -0.05) is 27.7 Å². The quantitative estimate of drug-likeness (QED) is 0.726. The van der Waals surface area contributed by atoms with Crippen molar-refractivity contribution < 1.29 is 9.53 Å². The fourth-order valence-electron chi connectivity index (χ4n) is 2.13. The van der Waals surface area contributed by atoms with Crippen molar-refractivity contribution >= 4 is 5.97 Å². The lowest BCUT2D eigenvalue weighted by Crippen LogP contribution is -2.35. The highest BCUT2D eigenvalue weighted by Gasteiger charge is 2.39. The molecule has 0 unspecified atom stereocenters. The maximum Gasteiger partial charge on any atom is 0.309 e. The zero-order valence-corrected chi connectivity index (χ0v) is 10.2. The molecule has 0 aliphatic carbocycles. The largest absolute Gasteiger partial charge is 0.460 e.